The minimum absolute atomic E-state index is 0.00146. The smallest absolute Gasteiger partial charge is 0.247 e. The Balaban J connectivity index is 1.25. The Kier molecular flexibility index (Phi) is 11.7. The number of nitrogens with one attached hydrogen (secondary N) is 2. The minimum atomic E-state index is -0.677. The number of anilines is 1. The van der Waals surface area contributed by atoms with Crippen molar-refractivity contribution in [2.24, 2.45) is 11.3 Å². The van der Waals surface area contributed by atoms with Crippen LogP contribution in [-0.4, -0.2) is 114 Å². The van der Waals surface area contributed by atoms with Gasteiger partial charge in [-0.25, -0.2) is 0 Å². The molecule has 268 valence electrons. The first kappa shape index (κ1) is 36.8. The van der Waals surface area contributed by atoms with Crippen molar-refractivity contribution < 1.29 is 19.2 Å². The number of likely N-dealkylation sites (N-methyl/N-ethyl adjacent to an activating group) is 2. The van der Waals surface area contributed by atoms with E-state index in [0.717, 1.165) is 68.1 Å². The lowest BCUT2D eigenvalue weighted by molar-refractivity contribution is -0.143. The summed E-state index contributed by atoms with van der Waals surface area (Å²) in [6, 6.07) is 12.0. The van der Waals surface area contributed by atoms with E-state index in [9.17, 15) is 19.2 Å². The standard InChI is InChI=1S/C39H58N6O4/c1-26(2)33(43(7)38(49)34(39(3,4)5)41-35(46)30-16-10-11-21-42(30)6)25-44-22-12-18-32(44)37(48)45-23-13-17-31(45)36(47)40-29-20-19-27-14-8-9-15-28(27)24-29/h8-9,14-15,19-20,24,26,30-34H,10-13,16-18,21-23,25H2,1-7H3,(H,40,47)(H,41,46)/t30?,31-,32-,33+,34+/m0/s1. The lowest BCUT2D eigenvalue weighted by atomic mass is 9.84. The Bertz CT molecular complexity index is 1500. The van der Waals surface area contributed by atoms with Gasteiger partial charge in [-0.15, -0.1) is 0 Å². The van der Waals surface area contributed by atoms with Crippen molar-refractivity contribution in [1.82, 2.24) is 24.9 Å². The maximum absolute atomic E-state index is 14.2. The molecule has 5 rings (SSSR count). The van der Waals surface area contributed by atoms with Crippen LogP contribution in [0.3, 0.4) is 0 Å². The molecule has 3 fully saturated rings. The molecule has 0 saturated carbocycles. The summed E-state index contributed by atoms with van der Waals surface area (Å²) < 4.78 is 0. The van der Waals surface area contributed by atoms with E-state index in [-0.39, 0.29) is 47.7 Å². The van der Waals surface area contributed by atoms with Gasteiger partial charge in [0.05, 0.1) is 12.1 Å². The number of carbonyl (C=O) groups is 4. The molecule has 3 saturated heterocycles. The van der Waals surface area contributed by atoms with Crippen LogP contribution < -0.4 is 10.6 Å². The summed E-state index contributed by atoms with van der Waals surface area (Å²) in [4.78, 5) is 63.3. The van der Waals surface area contributed by atoms with Gasteiger partial charge in [0.1, 0.15) is 12.1 Å². The van der Waals surface area contributed by atoms with Gasteiger partial charge in [0.25, 0.3) is 0 Å². The van der Waals surface area contributed by atoms with Crippen LogP contribution in [0.15, 0.2) is 42.5 Å². The van der Waals surface area contributed by atoms with Gasteiger partial charge >= 0.3 is 0 Å². The summed E-state index contributed by atoms with van der Waals surface area (Å²) >= 11 is 0. The number of likely N-dealkylation sites (tertiary alicyclic amines) is 3. The van der Waals surface area contributed by atoms with Crippen LogP contribution in [0.2, 0.25) is 0 Å². The van der Waals surface area contributed by atoms with Crippen LogP contribution in [0.5, 0.6) is 0 Å². The highest BCUT2D eigenvalue weighted by Gasteiger charge is 2.43. The maximum atomic E-state index is 14.2. The molecule has 1 unspecified atom stereocenters. The van der Waals surface area contributed by atoms with E-state index in [1.807, 2.05) is 77.3 Å². The summed E-state index contributed by atoms with van der Waals surface area (Å²) in [7, 11) is 3.82. The lowest BCUT2D eigenvalue weighted by Crippen LogP contribution is -2.61. The number of piperidine rings is 1. The molecule has 0 aromatic heterocycles. The second kappa shape index (κ2) is 15.6. The number of benzene rings is 2. The first-order chi connectivity index (χ1) is 23.3. The van der Waals surface area contributed by atoms with Crippen LogP contribution >= 0.6 is 0 Å². The van der Waals surface area contributed by atoms with Crippen molar-refractivity contribution in [1.29, 1.82) is 0 Å². The second-order valence-corrected chi connectivity index (χ2v) is 16.0. The molecule has 0 spiro atoms. The number of hydrogen-bond acceptors (Lipinski definition) is 6. The predicted molar refractivity (Wildman–Crippen MR) is 195 cm³/mol. The molecule has 0 radical (unpaired) electrons. The Morgan fingerprint density at radius 2 is 1.51 bits per heavy atom. The third-order valence-electron chi connectivity index (χ3n) is 11.0. The fourth-order valence-corrected chi connectivity index (χ4v) is 7.99. The van der Waals surface area contributed by atoms with Gasteiger partial charge in [-0.2, -0.15) is 0 Å². The van der Waals surface area contributed by atoms with Crippen molar-refractivity contribution in [3.63, 3.8) is 0 Å². The Morgan fingerprint density at radius 1 is 0.837 bits per heavy atom. The zero-order chi connectivity index (χ0) is 35.5. The average molecular weight is 675 g/mol. The molecular formula is C39H58N6O4. The zero-order valence-electron chi connectivity index (χ0n) is 30.7. The molecule has 0 bridgehead atoms. The van der Waals surface area contributed by atoms with Gasteiger partial charge in [0, 0.05) is 31.9 Å². The number of hydrogen-bond donors (Lipinski definition) is 2. The van der Waals surface area contributed by atoms with E-state index >= 15 is 0 Å². The molecule has 3 aliphatic rings. The fourth-order valence-electron chi connectivity index (χ4n) is 7.99. The summed E-state index contributed by atoms with van der Waals surface area (Å²) in [5, 5.41) is 8.38. The largest absolute Gasteiger partial charge is 0.342 e. The van der Waals surface area contributed by atoms with Gasteiger partial charge < -0.3 is 20.4 Å². The van der Waals surface area contributed by atoms with Crippen LogP contribution in [0.4, 0.5) is 5.69 Å². The third-order valence-corrected chi connectivity index (χ3v) is 11.0. The van der Waals surface area contributed by atoms with Crippen LogP contribution in [0, 0.1) is 11.3 Å². The minimum Gasteiger partial charge on any atom is -0.342 e. The molecule has 2 aromatic carbocycles. The quantitative estimate of drug-likeness (QED) is 0.378. The molecule has 49 heavy (non-hydrogen) atoms. The summed E-state index contributed by atoms with van der Waals surface area (Å²) in [5.41, 5.74) is 0.244. The topological polar surface area (TPSA) is 105 Å². The van der Waals surface area contributed by atoms with E-state index in [2.05, 4.69) is 34.3 Å². The van der Waals surface area contributed by atoms with Crippen LogP contribution in [0.1, 0.15) is 79.6 Å². The molecule has 2 aromatic rings. The highest BCUT2D eigenvalue weighted by atomic mass is 16.2. The number of amides is 4. The molecule has 0 aliphatic carbocycles. The average Bonchev–Trinajstić information content (AvgIpc) is 3.75. The van der Waals surface area contributed by atoms with E-state index in [0.29, 0.717) is 19.5 Å². The second-order valence-electron chi connectivity index (χ2n) is 16.0. The van der Waals surface area contributed by atoms with Crippen LogP contribution in [-0.2, 0) is 19.2 Å². The summed E-state index contributed by atoms with van der Waals surface area (Å²) in [6.07, 6.45) is 5.93. The Morgan fingerprint density at radius 3 is 2.20 bits per heavy atom. The van der Waals surface area contributed by atoms with Gasteiger partial charge in [-0.1, -0.05) is 71.4 Å². The maximum Gasteiger partial charge on any atom is 0.247 e. The molecule has 3 heterocycles. The number of fused-ring (bicyclic) bond motifs is 1. The van der Waals surface area contributed by atoms with E-state index in [1.165, 1.54) is 0 Å². The number of rotatable bonds is 10. The Labute approximate surface area is 292 Å². The van der Waals surface area contributed by atoms with E-state index < -0.39 is 17.5 Å². The highest BCUT2D eigenvalue weighted by molar-refractivity contribution is 6.00. The van der Waals surface area contributed by atoms with E-state index in [1.54, 1.807) is 9.80 Å². The Hall–Kier alpha value is -3.50. The normalized spacial score (nSPS) is 23.4. The zero-order valence-corrected chi connectivity index (χ0v) is 30.7. The van der Waals surface area contributed by atoms with Crippen molar-refractivity contribution in [2.75, 3.05) is 45.6 Å². The summed E-state index contributed by atoms with van der Waals surface area (Å²) in [5.74, 6) is -0.212. The van der Waals surface area contributed by atoms with Gasteiger partial charge in [-0.3, -0.25) is 29.0 Å². The fraction of sp³-hybridized carbons (Fsp3) is 0.641. The van der Waals surface area contributed by atoms with Gasteiger partial charge in [-0.05, 0) is 92.9 Å². The lowest BCUT2D eigenvalue weighted by Gasteiger charge is -2.41. The van der Waals surface area contributed by atoms with E-state index in [4.69, 9.17) is 0 Å². The van der Waals surface area contributed by atoms with Crippen molar-refractivity contribution in [3.8, 4) is 0 Å². The van der Waals surface area contributed by atoms with Crippen molar-refractivity contribution in [3.05, 3.63) is 42.5 Å². The molecule has 10 nitrogen and oxygen atoms in total. The number of nitrogens with zero attached hydrogens (tertiary/aromatic N) is 4. The molecular weight excluding hydrogens is 616 g/mol. The monoisotopic (exact) mass is 674 g/mol. The molecule has 3 aliphatic heterocycles. The summed E-state index contributed by atoms with van der Waals surface area (Å²) in [6.45, 7) is 13.0. The predicted octanol–water partition coefficient (Wildman–Crippen LogP) is 4.73. The SMILES string of the molecule is CC(C)[C@@H](CN1CCC[C@H]1C(=O)N1CCC[C@H]1C(=O)Nc1ccc2ccccc2c1)N(C)C(=O)[C@@H](NC(=O)C1CCCCN1C)C(C)(C)C. The van der Waals surface area contributed by atoms with Gasteiger partial charge in [0.2, 0.25) is 23.6 Å². The molecule has 10 heteroatoms. The molecule has 5 atom stereocenters. The molecule has 4 amide bonds. The molecule has 2 N–H and O–H groups in total. The van der Waals surface area contributed by atoms with Crippen LogP contribution in [0.25, 0.3) is 10.8 Å². The highest BCUT2D eigenvalue weighted by Crippen LogP contribution is 2.29. The third kappa shape index (κ3) is 8.46. The van der Waals surface area contributed by atoms with Crippen molar-refractivity contribution in [2.45, 2.75) is 110 Å². The number of carbonyl (C=O) groups excluding carboxylic acids is 4. The first-order valence-corrected chi connectivity index (χ1v) is 18.4. The van der Waals surface area contributed by atoms with Crippen molar-refractivity contribution >= 4 is 40.1 Å². The first-order valence-electron chi connectivity index (χ1n) is 18.4. The van der Waals surface area contributed by atoms with Gasteiger partial charge in [0.15, 0.2) is 0 Å².